The number of carbonyl (C=O) groups is 2. The zero-order valence-corrected chi connectivity index (χ0v) is 22.1. The van der Waals surface area contributed by atoms with Crippen LogP contribution in [-0.2, 0) is 16.1 Å². The monoisotopic (exact) mass is 542 g/mol. The molecular weight excluding hydrogens is 515 g/mol. The molecule has 0 spiro atoms. The van der Waals surface area contributed by atoms with Crippen molar-refractivity contribution in [3.63, 3.8) is 0 Å². The minimum absolute atomic E-state index is 0.191. The number of rotatable bonds is 9. The first kappa shape index (κ1) is 26.5. The molecule has 1 unspecified atom stereocenters. The summed E-state index contributed by atoms with van der Waals surface area (Å²) in [5, 5.41) is 3.72. The molecule has 0 saturated heterocycles. The molecule has 0 bridgehead atoms. The molecule has 1 N–H and O–H groups in total. The number of benzene rings is 2. The normalized spacial score (nSPS) is 11.9. The third-order valence-corrected chi connectivity index (χ3v) is 6.95. The molecule has 174 valence electrons. The second kappa shape index (κ2) is 11.9. The van der Waals surface area contributed by atoms with Gasteiger partial charge in [0.25, 0.3) is 5.91 Å². The lowest BCUT2D eigenvalue weighted by Crippen LogP contribution is -2.49. The molecule has 0 aliphatic heterocycles. The highest BCUT2D eigenvalue weighted by Crippen LogP contribution is 2.27. The van der Waals surface area contributed by atoms with Crippen LogP contribution >= 0.6 is 39.1 Å². The molecule has 2 aromatic carbocycles. The molecule has 0 heterocycles. The first-order chi connectivity index (χ1) is 15.0. The van der Waals surface area contributed by atoms with Gasteiger partial charge in [-0.1, -0.05) is 59.0 Å². The molecule has 8 heteroatoms. The molecule has 0 fully saturated rings. The smallest absolute Gasteiger partial charge is 0.261 e. The van der Waals surface area contributed by atoms with Gasteiger partial charge in [-0.2, -0.15) is 0 Å². The van der Waals surface area contributed by atoms with Gasteiger partial charge < -0.3 is 15.0 Å². The molecule has 0 aliphatic carbocycles. The van der Waals surface area contributed by atoms with Crippen LogP contribution in [0.15, 0.2) is 34.8 Å². The number of amides is 2. The van der Waals surface area contributed by atoms with Gasteiger partial charge >= 0.3 is 0 Å². The number of nitrogens with zero attached hydrogens (tertiary/aromatic N) is 1. The average molecular weight is 544 g/mol. The van der Waals surface area contributed by atoms with Crippen LogP contribution in [0.4, 0.5) is 0 Å². The van der Waals surface area contributed by atoms with Crippen molar-refractivity contribution in [3.8, 4) is 5.75 Å². The van der Waals surface area contributed by atoms with Crippen molar-refractivity contribution in [2.45, 2.75) is 47.2 Å². The summed E-state index contributed by atoms with van der Waals surface area (Å²) in [4.78, 5) is 27.3. The number of hydrogen-bond donors (Lipinski definition) is 1. The number of ether oxygens (including phenoxy) is 1. The van der Waals surface area contributed by atoms with E-state index in [1.165, 1.54) is 4.90 Å². The van der Waals surface area contributed by atoms with Crippen molar-refractivity contribution in [2.75, 3.05) is 13.2 Å². The SMILES string of the molecule is Cc1cc(OCC(=O)N(Cc2ccc(Cl)c(Cl)c2)C(C)C(=O)NCC(C)C)cc(C)c1Br. The molecule has 2 amide bonds. The van der Waals surface area contributed by atoms with E-state index in [4.69, 9.17) is 27.9 Å². The summed E-state index contributed by atoms with van der Waals surface area (Å²) in [6.45, 7) is 10.2. The van der Waals surface area contributed by atoms with Crippen molar-refractivity contribution in [2.24, 2.45) is 5.92 Å². The largest absolute Gasteiger partial charge is 0.484 e. The van der Waals surface area contributed by atoms with E-state index in [0.29, 0.717) is 28.3 Å². The molecule has 5 nitrogen and oxygen atoms in total. The number of aryl methyl sites for hydroxylation is 2. The van der Waals surface area contributed by atoms with Crippen molar-refractivity contribution in [3.05, 3.63) is 61.5 Å². The van der Waals surface area contributed by atoms with Gasteiger partial charge in [-0.05, 0) is 67.6 Å². The standard InChI is InChI=1S/C24H29BrCl2N2O3/c1-14(2)11-28-24(31)17(5)29(12-18-6-7-20(26)21(27)10-18)22(30)13-32-19-8-15(3)23(25)16(4)9-19/h6-10,14,17H,11-13H2,1-5H3,(H,28,31). The van der Waals surface area contributed by atoms with E-state index >= 15 is 0 Å². The van der Waals surface area contributed by atoms with E-state index in [0.717, 1.165) is 21.2 Å². The zero-order valence-electron chi connectivity index (χ0n) is 19.0. The third-order valence-electron chi connectivity index (χ3n) is 4.96. The predicted molar refractivity (Wildman–Crippen MR) is 133 cm³/mol. The summed E-state index contributed by atoms with van der Waals surface area (Å²) in [6, 6.07) is 8.21. The fourth-order valence-electron chi connectivity index (χ4n) is 3.09. The van der Waals surface area contributed by atoms with Crippen LogP contribution in [-0.4, -0.2) is 35.9 Å². The van der Waals surface area contributed by atoms with Gasteiger partial charge in [0.05, 0.1) is 10.0 Å². The van der Waals surface area contributed by atoms with E-state index in [1.807, 2.05) is 39.8 Å². The Balaban J connectivity index is 2.20. The number of nitrogens with one attached hydrogen (secondary N) is 1. The quantitative estimate of drug-likeness (QED) is 0.425. The van der Waals surface area contributed by atoms with Gasteiger partial charge in [0, 0.05) is 17.6 Å². The maximum atomic E-state index is 13.1. The molecule has 2 aromatic rings. The van der Waals surface area contributed by atoms with Crippen LogP contribution in [0.25, 0.3) is 0 Å². The van der Waals surface area contributed by atoms with Crippen molar-refractivity contribution < 1.29 is 14.3 Å². The fraction of sp³-hybridized carbons (Fsp3) is 0.417. The Kier molecular flexibility index (Phi) is 9.86. The molecule has 1 atom stereocenters. The molecule has 0 aliphatic rings. The van der Waals surface area contributed by atoms with Crippen LogP contribution in [0.3, 0.4) is 0 Å². The minimum Gasteiger partial charge on any atom is -0.484 e. The summed E-state index contributed by atoms with van der Waals surface area (Å²) < 4.78 is 6.79. The number of carbonyl (C=O) groups excluding carboxylic acids is 2. The van der Waals surface area contributed by atoms with Gasteiger partial charge in [-0.15, -0.1) is 0 Å². The van der Waals surface area contributed by atoms with Gasteiger partial charge in [0.15, 0.2) is 6.61 Å². The first-order valence-corrected chi connectivity index (χ1v) is 11.9. The summed E-state index contributed by atoms with van der Waals surface area (Å²) >= 11 is 15.7. The Hall–Kier alpha value is -1.76. The predicted octanol–water partition coefficient (Wildman–Crippen LogP) is 5.94. The maximum absolute atomic E-state index is 13.1. The topological polar surface area (TPSA) is 58.6 Å². The molecule has 0 aromatic heterocycles. The molecule has 0 saturated carbocycles. The van der Waals surface area contributed by atoms with Crippen molar-refractivity contribution in [1.29, 1.82) is 0 Å². The first-order valence-electron chi connectivity index (χ1n) is 10.4. The molecule has 0 radical (unpaired) electrons. The Bertz CT molecular complexity index is 959. The van der Waals surface area contributed by atoms with E-state index < -0.39 is 6.04 Å². The second-order valence-electron chi connectivity index (χ2n) is 8.24. The Morgan fingerprint density at radius 1 is 1.06 bits per heavy atom. The summed E-state index contributed by atoms with van der Waals surface area (Å²) in [6.07, 6.45) is 0. The van der Waals surface area contributed by atoms with Gasteiger partial charge in [0.1, 0.15) is 11.8 Å². The highest BCUT2D eigenvalue weighted by molar-refractivity contribution is 9.10. The van der Waals surface area contributed by atoms with E-state index in [2.05, 4.69) is 21.2 Å². The lowest BCUT2D eigenvalue weighted by Gasteiger charge is -2.29. The summed E-state index contributed by atoms with van der Waals surface area (Å²) in [7, 11) is 0. The fourth-order valence-corrected chi connectivity index (χ4v) is 3.64. The Labute approximate surface area is 208 Å². The molecular formula is C24H29BrCl2N2O3. The van der Waals surface area contributed by atoms with Crippen molar-refractivity contribution in [1.82, 2.24) is 10.2 Å². The maximum Gasteiger partial charge on any atom is 0.261 e. The van der Waals surface area contributed by atoms with Gasteiger partial charge in [0.2, 0.25) is 5.91 Å². The lowest BCUT2D eigenvalue weighted by molar-refractivity contribution is -0.142. The summed E-state index contributed by atoms with van der Waals surface area (Å²) in [5.41, 5.74) is 2.80. The second-order valence-corrected chi connectivity index (χ2v) is 9.85. The Morgan fingerprint density at radius 2 is 1.69 bits per heavy atom. The van der Waals surface area contributed by atoms with Crippen LogP contribution < -0.4 is 10.1 Å². The lowest BCUT2D eigenvalue weighted by atomic mass is 10.1. The average Bonchev–Trinajstić information content (AvgIpc) is 2.74. The number of halogens is 3. The van der Waals surface area contributed by atoms with Gasteiger partial charge in [-0.3, -0.25) is 9.59 Å². The van der Waals surface area contributed by atoms with E-state index in [9.17, 15) is 9.59 Å². The van der Waals surface area contributed by atoms with Crippen LogP contribution in [0.5, 0.6) is 5.75 Å². The summed E-state index contributed by atoms with van der Waals surface area (Å²) in [5.74, 6) is 0.379. The third kappa shape index (κ3) is 7.39. The van der Waals surface area contributed by atoms with Crippen molar-refractivity contribution >= 4 is 50.9 Å². The zero-order chi connectivity index (χ0) is 24.0. The van der Waals surface area contributed by atoms with E-state index in [-0.39, 0.29) is 25.0 Å². The van der Waals surface area contributed by atoms with Gasteiger partial charge in [-0.25, -0.2) is 0 Å². The number of hydrogen-bond acceptors (Lipinski definition) is 3. The molecule has 32 heavy (non-hydrogen) atoms. The minimum atomic E-state index is -0.687. The highest BCUT2D eigenvalue weighted by Gasteiger charge is 2.27. The van der Waals surface area contributed by atoms with Crippen LogP contribution in [0.1, 0.15) is 37.5 Å². The van der Waals surface area contributed by atoms with Crippen LogP contribution in [0.2, 0.25) is 10.0 Å². The van der Waals surface area contributed by atoms with E-state index in [1.54, 1.807) is 25.1 Å². The molecule has 2 rings (SSSR count). The Morgan fingerprint density at radius 3 is 2.25 bits per heavy atom. The van der Waals surface area contributed by atoms with Crippen LogP contribution in [0, 0.1) is 19.8 Å². The highest BCUT2D eigenvalue weighted by atomic mass is 79.9.